The summed E-state index contributed by atoms with van der Waals surface area (Å²) >= 11 is 6.04. The van der Waals surface area contributed by atoms with Crippen molar-refractivity contribution in [3.05, 3.63) is 53.6 Å². The van der Waals surface area contributed by atoms with E-state index in [9.17, 15) is 9.59 Å². The Morgan fingerprint density at radius 3 is 2.31 bits per heavy atom. The molecule has 6 heteroatoms. The second kappa shape index (κ2) is 9.04. The molecule has 0 radical (unpaired) electrons. The minimum atomic E-state index is -0.121. The minimum Gasteiger partial charge on any atom is -0.337 e. The summed E-state index contributed by atoms with van der Waals surface area (Å²) in [6.07, 6.45) is 7.00. The van der Waals surface area contributed by atoms with Crippen molar-refractivity contribution in [2.75, 3.05) is 31.5 Å². The van der Waals surface area contributed by atoms with Crippen LogP contribution in [0.4, 0.5) is 10.5 Å². The molecule has 0 bridgehead atoms. The van der Waals surface area contributed by atoms with E-state index in [1.165, 1.54) is 5.56 Å². The maximum atomic E-state index is 12.7. The third-order valence-corrected chi connectivity index (χ3v) is 5.69. The highest BCUT2D eigenvalue weighted by Crippen LogP contribution is 2.24. The number of benzene rings is 1. The predicted molar refractivity (Wildman–Crippen MR) is 118 cm³/mol. The molecule has 1 N–H and O–H groups in total. The lowest BCUT2D eigenvalue weighted by Gasteiger charge is -2.24. The van der Waals surface area contributed by atoms with Gasteiger partial charge >= 0.3 is 6.03 Å². The Morgan fingerprint density at radius 2 is 1.69 bits per heavy atom. The largest absolute Gasteiger partial charge is 0.337 e. The van der Waals surface area contributed by atoms with E-state index in [-0.39, 0.29) is 22.7 Å². The van der Waals surface area contributed by atoms with Crippen molar-refractivity contribution < 1.29 is 9.59 Å². The number of urea groups is 1. The number of nitrogens with one attached hydrogen (secondary N) is 1. The molecule has 1 unspecified atom stereocenters. The Labute approximate surface area is 178 Å². The molecule has 1 heterocycles. The van der Waals surface area contributed by atoms with Gasteiger partial charge in [-0.15, -0.1) is 11.6 Å². The van der Waals surface area contributed by atoms with E-state index in [4.69, 9.17) is 11.6 Å². The summed E-state index contributed by atoms with van der Waals surface area (Å²) in [6.45, 7) is 8.83. The third kappa shape index (κ3) is 5.63. The van der Waals surface area contributed by atoms with Gasteiger partial charge in [-0.2, -0.15) is 0 Å². The zero-order valence-electron chi connectivity index (χ0n) is 17.5. The van der Waals surface area contributed by atoms with Gasteiger partial charge in [0.15, 0.2) is 0 Å². The zero-order chi connectivity index (χ0) is 21.0. The number of carbonyl (C=O) groups is 2. The number of anilines is 1. The average Bonchev–Trinajstić information content (AvgIpc) is 2.94. The average molecular weight is 416 g/mol. The fourth-order valence-electron chi connectivity index (χ4n) is 3.52. The van der Waals surface area contributed by atoms with Gasteiger partial charge in [-0.25, -0.2) is 4.79 Å². The molecule has 0 spiro atoms. The number of hydrogen-bond donors (Lipinski definition) is 1. The molecule has 5 nitrogen and oxygen atoms in total. The smallest absolute Gasteiger partial charge is 0.321 e. The third-order valence-electron chi connectivity index (χ3n) is 5.37. The van der Waals surface area contributed by atoms with Crippen LogP contribution in [0, 0.1) is 0 Å². The lowest BCUT2D eigenvalue weighted by Crippen LogP contribution is -2.39. The Bertz CT molecular complexity index is 808. The number of alkyl halides is 1. The van der Waals surface area contributed by atoms with Crippen LogP contribution in [0.2, 0.25) is 0 Å². The molecule has 1 atom stereocenters. The van der Waals surface area contributed by atoms with Crippen LogP contribution >= 0.6 is 11.6 Å². The van der Waals surface area contributed by atoms with E-state index in [0.717, 1.165) is 12.1 Å². The van der Waals surface area contributed by atoms with E-state index in [0.29, 0.717) is 38.2 Å². The van der Waals surface area contributed by atoms with Crippen molar-refractivity contribution in [1.29, 1.82) is 0 Å². The molecule has 1 aliphatic carbocycles. The molecule has 156 valence electrons. The van der Waals surface area contributed by atoms with E-state index >= 15 is 0 Å². The van der Waals surface area contributed by atoms with Crippen LogP contribution in [0.1, 0.15) is 39.2 Å². The molecule has 3 amide bonds. The highest BCUT2D eigenvalue weighted by molar-refractivity contribution is 6.22. The predicted octanol–water partition coefficient (Wildman–Crippen LogP) is 4.54. The van der Waals surface area contributed by atoms with Crippen LogP contribution in [0.15, 0.2) is 48.1 Å². The number of nitrogens with zero attached hydrogens (tertiary/aromatic N) is 2. The fraction of sp³-hybridized carbons (Fsp3) is 0.478. The highest BCUT2D eigenvalue weighted by atomic mass is 35.5. The van der Waals surface area contributed by atoms with Gasteiger partial charge < -0.3 is 15.1 Å². The molecule has 0 saturated carbocycles. The molecule has 1 aliphatic heterocycles. The first-order chi connectivity index (χ1) is 13.7. The first-order valence-electron chi connectivity index (χ1n) is 10.2. The van der Waals surface area contributed by atoms with Crippen molar-refractivity contribution in [3.63, 3.8) is 0 Å². The SMILES string of the molecule is CC(C)(C)c1ccc(NC(=O)N2CCCN(C(=O)C3=CCC(Cl)C=C3)CC2)cc1. The number of rotatable bonds is 2. The van der Waals surface area contributed by atoms with Gasteiger partial charge in [-0.3, -0.25) is 4.79 Å². The highest BCUT2D eigenvalue weighted by Gasteiger charge is 2.24. The van der Waals surface area contributed by atoms with Gasteiger partial charge in [0.1, 0.15) is 0 Å². The Kier molecular flexibility index (Phi) is 6.68. The summed E-state index contributed by atoms with van der Waals surface area (Å²) in [6, 6.07) is 7.87. The monoisotopic (exact) mass is 415 g/mol. The van der Waals surface area contributed by atoms with Crippen LogP contribution < -0.4 is 5.32 Å². The summed E-state index contributed by atoms with van der Waals surface area (Å²) in [5.74, 6) is 0.0184. The second-order valence-electron chi connectivity index (χ2n) is 8.66. The van der Waals surface area contributed by atoms with E-state index in [2.05, 4.69) is 38.2 Å². The quantitative estimate of drug-likeness (QED) is 0.720. The standard InChI is InChI=1S/C23H30ClN3O2/c1-23(2,3)18-7-11-20(12-8-18)25-22(29)27-14-4-13-26(15-16-27)21(28)17-5-9-19(24)10-6-17/h5-9,11-12,19H,4,10,13-16H2,1-3H3,(H,25,29). The first-order valence-corrected chi connectivity index (χ1v) is 10.7. The zero-order valence-corrected chi connectivity index (χ0v) is 18.2. The summed E-state index contributed by atoms with van der Waals surface area (Å²) in [5, 5.41) is 2.94. The van der Waals surface area contributed by atoms with E-state index in [1.54, 1.807) is 11.0 Å². The summed E-state index contributed by atoms with van der Waals surface area (Å²) in [5.41, 5.74) is 2.79. The number of amides is 3. The molecule has 1 aromatic rings. The molecule has 29 heavy (non-hydrogen) atoms. The molecule has 0 aromatic heterocycles. The Hall–Kier alpha value is -2.27. The lowest BCUT2D eigenvalue weighted by molar-refractivity contribution is -0.126. The topological polar surface area (TPSA) is 52.7 Å². The van der Waals surface area contributed by atoms with Gasteiger partial charge in [-0.05, 0) is 36.0 Å². The molecule has 3 rings (SSSR count). The van der Waals surface area contributed by atoms with Gasteiger partial charge in [-0.1, -0.05) is 51.1 Å². The van der Waals surface area contributed by atoms with Crippen LogP contribution in [0.3, 0.4) is 0 Å². The molecule has 1 aromatic carbocycles. The maximum absolute atomic E-state index is 12.7. The molecular formula is C23H30ClN3O2. The number of halogens is 1. The Morgan fingerprint density at radius 1 is 1.03 bits per heavy atom. The van der Waals surface area contributed by atoms with Crippen LogP contribution in [0.5, 0.6) is 0 Å². The van der Waals surface area contributed by atoms with Gasteiger partial charge in [0.2, 0.25) is 0 Å². The van der Waals surface area contributed by atoms with Crippen molar-refractivity contribution in [2.45, 2.75) is 44.4 Å². The number of allylic oxidation sites excluding steroid dienone is 2. The van der Waals surface area contributed by atoms with E-state index in [1.807, 2.05) is 29.2 Å². The van der Waals surface area contributed by atoms with Gasteiger partial charge in [0, 0.05) is 37.4 Å². The Balaban J connectivity index is 1.55. The van der Waals surface area contributed by atoms with E-state index < -0.39 is 0 Å². The van der Waals surface area contributed by atoms with Crippen molar-refractivity contribution >= 4 is 29.2 Å². The first kappa shape index (κ1) is 21.4. The summed E-state index contributed by atoms with van der Waals surface area (Å²) in [7, 11) is 0. The summed E-state index contributed by atoms with van der Waals surface area (Å²) in [4.78, 5) is 29.0. The molecule has 1 saturated heterocycles. The van der Waals surface area contributed by atoms with Gasteiger partial charge in [0.05, 0.1) is 5.38 Å². The van der Waals surface area contributed by atoms with Gasteiger partial charge in [0.25, 0.3) is 5.91 Å². The van der Waals surface area contributed by atoms with Crippen molar-refractivity contribution in [1.82, 2.24) is 9.80 Å². The normalized spacial score (nSPS) is 20.1. The molecule has 2 aliphatic rings. The summed E-state index contributed by atoms with van der Waals surface area (Å²) < 4.78 is 0. The second-order valence-corrected chi connectivity index (χ2v) is 9.22. The van der Waals surface area contributed by atoms with Crippen molar-refractivity contribution in [2.24, 2.45) is 0 Å². The maximum Gasteiger partial charge on any atom is 0.321 e. The van der Waals surface area contributed by atoms with Crippen LogP contribution in [-0.4, -0.2) is 53.3 Å². The van der Waals surface area contributed by atoms with Crippen LogP contribution in [0.25, 0.3) is 0 Å². The number of carbonyl (C=O) groups excluding carboxylic acids is 2. The lowest BCUT2D eigenvalue weighted by atomic mass is 9.87. The minimum absolute atomic E-state index is 0.0184. The molecular weight excluding hydrogens is 386 g/mol. The molecule has 1 fully saturated rings. The fourth-order valence-corrected chi connectivity index (χ4v) is 3.68. The van der Waals surface area contributed by atoms with Crippen LogP contribution in [-0.2, 0) is 10.2 Å². The number of hydrogen-bond acceptors (Lipinski definition) is 2. The van der Waals surface area contributed by atoms with Crippen molar-refractivity contribution in [3.8, 4) is 0 Å².